The Balaban J connectivity index is 1.66. The number of ether oxygens (including phenoxy) is 1. The van der Waals surface area contributed by atoms with Crippen LogP contribution in [-0.2, 0) is 4.79 Å². The predicted octanol–water partition coefficient (Wildman–Crippen LogP) is 1.68. The highest BCUT2D eigenvalue weighted by atomic mass is 19.1. The number of amides is 1. The van der Waals surface area contributed by atoms with E-state index in [9.17, 15) is 9.18 Å². The van der Waals surface area contributed by atoms with E-state index in [1.165, 1.54) is 0 Å². The van der Waals surface area contributed by atoms with E-state index in [0.717, 1.165) is 17.8 Å². The van der Waals surface area contributed by atoms with Crippen molar-refractivity contribution in [2.24, 2.45) is 0 Å². The molecule has 23 heavy (non-hydrogen) atoms. The highest BCUT2D eigenvalue weighted by Gasteiger charge is 2.33. The van der Waals surface area contributed by atoms with Gasteiger partial charge in [-0.05, 0) is 12.1 Å². The fourth-order valence-corrected chi connectivity index (χ4v) is 2.61. The van der Waals surface area contributed by atoms with Crippen LogP contribution in [0.2, 0.25) is 0 Å². The van der Waals surface area contributed by atoms with Gasteiger partial charge in [0, 0.05) is 64.9 Å². The number of alkyl halides is 1. The molecule has 0 saturated carbocycles. The van der Waals surface area contributed by atoms with Crippen LogP contribution in [0.5, 0.6) is 5.75 Å². The third kappa shape index (κ3) is 5.39. The summed E-state index contributed by atoms with van der Waals surface area (Å²) < 4.78 is 20.2. The zero-order valence-electron chi connectivity index (χ0n) is 13.9. The molecule has 1 fully saturated rings. The van der Waals surface area contributed by atoms with Crippen LogP contribution in [0.3, 0.4) is 0 Å². The normalized spacial score (nSPS) is 16.9. The van der Waals surface area contributed by atoms with Gasteiger partial charge in [0.15, 0.2) is 0 Å². The molecule has 0 atom stereocenters. The molecule has 2 rings (SSSR count). The van der Waals surface area contributed by atoms with Crippen LogP contribution in [0, 0.1) is 0 Å². The van der Waals surface area contributed by atoms with Crippen molar-refractivity contribution in [3.8, 4) is 5.75 Å². The average Bonchev–Trinajstić information content (AvgIpc) is 2.55. The van der Waals surface area contributed by atoms with Gasteiger partial charge in [-0.1, -0.05) is 6.07 Å². The van der Waals surface area contributed by atoms with Crippen molar-refractivity contribution >= 4 is 12.1 Å². The molecule has 1 aliphatic rings. The molecule has 0 aliphatic carbocycles. The Morgan fingerprint density at radius 3 is 2.78 bits per heavy atom. The summed E-state index contributed by atoms with van der Waals surface area (Å²) in [5.74, 6) is 0.812. The molecule has 0 spiro atoms. The summed E-state index contributed by atoms with van der Waals surface area (Å²) in [6, 6.07) is 7.86. The molecule has 6 heteroatoms. The number of rotatable bonds is 8. The summed E-state index contributed by atoms with van der Waals surface area (Å²) in [5, 5.41) is 3.12. The molecule has 128 valence electrons. The number of nitrogens with one attached hydrogen (secondary N) is 1. The molecular formula is C17H26FN3O2. The Labute approximate surface area is 137 Å². The predicted molar refractivity (Wildman–Crippen MR) is 89.8 cm³/mol. The number of anilines is 1. The van der Waals surface area contributed by atoms with Gasteiger partial charge in [-0.25, -0.2) is 4.39 Å². The lowest BCUT2D eigenvalue weighted by Gasteiger charge is -2.34. The van der Waals surface area contributed by atoms with Crippen molar-refractivity contribution in [3.05, 3.63) is 24.3 Å². The number of likely N-dealkylation sites (tertiary alicyclic amines) is 1. The smallest absolute Gasteiger partial charge is 0.209 e. The van der Waals surface area contributed by atoms with Crippen LogP contribution in [0.15, 0.2) is 24.3 Å². The second-order valence-corrected chi connectivity index (χ2v) is 6.21. The second kappa shape index (κ2) is 8.15. The number of hydrogen-bond acceptors (Lipinski definition) is 4. The van der Waals surface area contributed by atoms with Crippen LogP contribution < -0.4 is 15.0 Å². The van der Waals surface area contributed by atoms with Crippen LogP contribution in [0.25, 0.3) is 0 Å². The molecule has 5 nitrogen and oxygen atoms in total. The van der Waals surface area contributed by atoms with Crippen LogP contribution >= 0.6 is 0 Å². The van der Waals surface area contributed by atoms with E-state index in [1.807, 2.05) is 43.3 Å². The van der Waals surface area contributed by atoms with E-state index in [1.54, 1.807) is 4.90 Å². The molecular weight excluding hydrogens is 297 g/mol. The summed E-state index contributed by atoms with van der Waals surface area (Å²) in [5.41, 5.74) is -0.134. The highest BCUT2D eigenvalue weighted by molar-refractivity contribution is 5.49. The lowest BCUT2D eigenvalue weighted by atomic mass is 9.93. The third-order valence-electron chi connectivity index (χ3n) is 4.17. The molecule has 0 radical (unpaired) electrons. The van der Waals surface area contributed by atoms with E-state index >= 15 is 0 Å². The highest BCUT2D eigenvalue weighted by Crippen LogP contribution is 2.25. The Kier molecular flexibility index (Phi) is 6.21. The van der Waals surface area contributed by atoms with Gasteiger partial charge < -0.3 is 19.9 Å². The first kappa shape index (κ1) is 17.5. The Morgan fingerprint density at radius 2 is 2.13 bits per heavy atom. The fourth-order valence-electron chi connectivity index (χ4n) is 2.61. The zero-order valence-corrected chi connectivity index (χ0v) is 13.9. The van der Waals surface area contributed by atoms with E-state index in [2.05, 4.69) is 5.32 Å². The first-order chi connectivity index (χ1) is 11.0. The largest absolute Gasteiger partial charge is 0.492 e. The number of hydrogen-bond donors (Lipinski definition) is 1. The fraction of sp³-hybridized carbons (Fsp3) is 0.588. The molecule has 1 aromatic carbocycles. The number of benzene rings is 1. The molecule has 0 unspecified atom stereocenters. The zero-order chi connectivity index (χ0) is 16.7. The van der Waals surface area contributed by atoms with E-state index in [4.69, 9.17) is 4.74 Å². The van der Waals surface area contributed by atoms with E-state index in [-0.39, 0.29) is 0 Å². The van der Waals surface area contributed by atoms with Crippen LogP contribution in [0.4, 0.5) is 10.1 Å². The summed E-state index contributed by atoms with van der Waals surface area (Å²) in [6.45, 7) is 2.38. The van der Waals surface area contributed by atoms with Gasteiger partial charge in [0.25, 0.3) is 0 Å². The molecule has 1 heterocycles. The van der Waals surface area contributed by atoms with Gasteiger partial charge in [0.2, 0.25) is 6.41 Å². The Morgan fingerprint density at radius 1 is 1.39 bits per heavy atom. The molecule has 0 bridgehead atoms. The van der Waals surface area contributed by atoms with Gasteiger partial charge in [0.1, 0.15) is 18.0 Å². The molecule has 0 aromatic heterocycles. The minimum atomic E-state index is -1.22. The van der Waals surface area contributed by atoms with Gasteiger partial charge in [-0.2, -0.15) is 0 Å². The number of carbonyl (C=O) groups excluding carboxylic acids is 1. The standard InChI is InChI=1S/C17H26FN3O2/c1-20(2)15-4-3-5-16(12-15)23-11-8-19-13-17(18)6-9-21(14-22)10-7-17/h3-5,12,14,19H,6-11,13H2,1-2H3. The van der Waals surface area contributed by atoms with Gasteiger partial charge >= 0.3 is 0 Å². The first-order valence-corrected chi connectivity index (χ1v) is 8.02. The van der Waals surface area contributed by atoms with Crippen molar-refractivity contribution in [1.82, 2.24) is 10.2 Å². The van der Waals surface area contributed by atoms with Gasteiger partial charge in [-0.3, -0.25) is 4.79 Å². The minimum Gasteiger partial charge on any atom is -0.492 e. The van der Waals surface area contributed by atoms with E-state index in [0.29, 0.717) is 45.6 Å². The topological polar surface area (TPSA) is 44.8 Å². The first-order valence-electron chi connectivity index (χ1n) is 8.02. The lowest BCUT2D eigenvalue weighted by molar-refractivity contribution is -0.120. The van der Waals surface area contributed by atoms with Gasteiger partial charge in [0.05, 0.1) is 0 Å². The molecule has 1 amide bonds. The Hall–Kier alpha value is -1.82. The third-order valence-corrected chi connectivity index (χ3v) is 4.17. The lowest BCUT2D eigenvalue weighted by Crippen LogP contribution is -2.47. The summed E-state index contributed by atoms with van der Waals surface area (Å²) >= 11 is 0. The quantitative estimate of drug-likeness (QED) is 0.584. The number of carbonyl (C=O) groups is 1. The molecule has 1 aliphatic heterocycles. The maximum atomic E-state index is 14.5. The maximum Gasteiger partial charge on any atom is 0.209 e. The summed E-state index contributed by atoms with van der Waals surface area (Å²) in [6.07, 6.45) is 1.58. The average molecular weight is 323 g/mol. The minimum absolute atomic E-state index is 0.306. The number of piperidine rings is 1. The number of nitrogens with zero attached hydrogens (tertiary/aromatic N) is 2. The van der Waals surface area contributed by atoms with Crippen molar-refractivity contribution in [2.75, 3.05) is 51.8 Å². The molecule has 1 saturated heterocycles. The summed E-state index contributed by atoms with van der Waals surface area (Å²) in [4.78, 5) is 14.3. The van der Waals surface area contributed by atoms with Crippen molar-refractivity contribution in [2.45, 2.75) is 18.5 Å². The summed E-state index contributed by atoms with van der Waals surface area (Å²) in [7, 11) is 3.97. The van der Waals surface area contributed by atoms with Gasteiger partial charge in [-0.15, -0.1) is 0 Å². The van der Waals surface area contributed by atoms with Crippen molar-refractivity contribution in [3.63, 3.8) is 0 Å². The van der Waals surface area contributed by atoms with Crippen LogP contribution in [-0.4, -0.2) is 63.9 Å². The number of halogens is 1. The van der Waals surface area contributed by atoms with Crippen molar-refractivity contribution in [1.29, 1.82) is 0 Å². The van der Waals surface area contributed by atoms with Crippen molar-refractivity contribution < 1.29 is 13.9 Å². The Bertz CT molecular complexity index is 502. The molecule has 1 aromatic rings. The maximum absolute atomic E-state index is 14.5. The molecule has 1 N–H and O–H groups in total. The van der Waals surface area contributed by atoms with E-state index < -0.39 is 5.67 Å². The second-order valence-electron chi connectivity index (χ2n) is 6.21. The van der Waals surface area contributed by atoms with Crippen LogP contribution in [0.1, 0.15) is 12.8 Å². The monoisotopic (exact) mass is 323 g/mol. The SMILES string of the molecule is CN(C)c1cccc(OCCNCC2(F)CCN(C=O)CC2)c1.